The third kappa shape index (κ3) is 7.53. The summed E-state index contributed by atoms with van der Waals surface area (Å²) in [5.74, 6) is -0.246. The first-order valence-electron chi connectivity index (χ1n) is 8.21. The predicted octanol–water partition coefficient (Wildman–Crippen LogP) is 1.04. The fourth-order valence-electron chi connectivity index (χ4n) is 2.66. The highest BCUT2D eigenvalue weighted by molar-refractivity contribution is 5.97. The lowest BCUT2D eigenvalue weighted by atomic mass is 10.0. The smallest absolute Gasteiger partial charge is 0.251 e. The monoisotopic (exact) mass is 368 g/mol. The molecular weight excluding hydrogens is 344 g/mol. The number of benzene rings is 1. The number of anilines is 1. The van der Waals surface area contributed by atoms with Crippen molar-refractivity contribution in [3.05, 3.63) is 29.8 Å². The van der Waals surface area contributed by atoms with Crippen LogP contribution in [0, 0.1) is 5.92 Å². The maximum Gasteiger partial charge on any atom is 0.251 e. The molecule has 1 aromatic rings. The van der Waals surface area contributed by atoms with Gasteiger partial charge in [-0.25, -0.2) is 0 Å². The van der Waals surface area contributed by atoms with Crippen molar-refractivity contribution < 1.29 is 14.4 Å². The Bertz CT molecular complexity index is 603. The minimum atomic E-state index is -0.464. The van der Waals surface area contributed by atoms with Crippen molar-refractivity contribution in [3.63, 3.8) is 0 Å². The molecule has 0 spiro atoms. The van der Waals surface area contributed by atoms with E-state index in [2.05, 4.69) is 16.0 Å². The highest BCUT2D eigenvalue weighted by Crippen LogP contribution is 2.16. The molecule has 1 aromatic carbocycles. The van der Waals surface area contributed by atoms with Gasteiger partial charge in [-0.2, -0.15) is 0 Å². The lowest BCUT2D eigenvalue weighted by Crippen LogP contribution is -2.27. The molecule has 8 heteroatoms. The number of primary amides is 1. The third-order valence-electron chi connectivity index (χ3n) is 4.01. The molecule has 1 unspecified atom stereocenters. The number of carbonyl (C=O) groups is 3. The van der Waals surface area contributed by atoms with Crippen LogP contribution in [0.15, 0.2) is 24.3 Å². The topological polar surface area (TPSA) is 113 Å². The number of carbonyl (C=O) groups excluding carboxylic acids is 3. The Labute approximate surface area is 153 Å². The van der Waals surface area contributed by atoms with Gasteiger partial charge in [-0.15, -0.1) is 12.4 Å². The largest absolute Gasteiger partial charge is 0.370 e. The molecule has 0 aliphatic carbocycles. The van der Waals surface area contributed by atoms with E-state index < -0.39 is 5.91 Å². The van der Waals surface area contributed by atoms with Crippen LogP contribution in [0.2, 0.25) is 0 Å². The van der Waals surface area contributed by atoms with Crippen molar-refractivity contribution >= 4 is 35.8 Å². The van der Waals surface area contributed by atoms with Gasteiger partial charge < -0.3 is 21.7 Å². The Morgan fingerprint density at radius 3 is 2.72 bits per heavy atom. The van der Waals surface area contributed by atoms with E-state index in [0.717, 1.165) is 25.9 Å². The number of hydrogen-bond donors (Lipinski definition) is 4. The molecule has 2 rings (SSSR count). The van der Waals surface area contributed by atoms with Crippen LogP contribution in [0.4, 0.5) is 5.69 Å². The van der Waals surface area contributed by atoms with Gasteiger partial charge in [0.25, 0.3) is 5.91 Å². The van der Waals surface area contributed by atoms with Crippen molar-refractivity contribution in [1.82, 2.24) is 10.6 Å². The number of nitrogens with two attached hydrogens (primary N) is 1. The van der Waals surface area contributed by atoms with Gasteiger partial charge in [-0.1, -0.05) is 6.07 Å². The summed E-state index contributed by atoms with van der Waals surface area (Å²) in [5.41, 5.74) is 6.05. The maximum absolute atomic E-state index is 12.0. The van der Waals surface area contributed by atoms with Crippen molar-refractivity contribution in [3.8, 4) is 0 Å². The summed E-state index contributed by atoms with van der Waals surface area (Å²) >= 11 is 0. The Hall–Kier alpha value is -2.12. The molecular formula is C17H25ClN4O3. The fraction of sp³-hybridized carbons (Fsp3) is 0.471. The summed E-state index contributed by atoms with van der Waals surface area (Å²) in [6.07, 6.45) is 2.56. The van der Waals surface area contributed by atoms with Crippen LogP contribution in [0.3, 0.4) is 0 Å². The zero-order valence-electron chi connectivity index (χ0n) is 14.0. The van der Waals surface area contributed by atoms with Crippen LogP contribution in [0.25, 0.3) is 0 Å². The van der Waals surface area contributed by atoms with Crippen LogP contribution in [0.1, 0.15) is 36.0 Å². The molecule has 1 heterocycles. The van der Waals surface area contributed by atoms with Gasteiger partial charge >= 0.3 is 0 Å². The van der Waals surface area contributed by atoms with E-state index in [0.29, 0.717) is 23.6 Å². The van der Waals surface area contributed by atoms with Gasteiger partial charge in [0.1, 0.15) is 0 Å². The van der Waals surface area contributed by atoms with E-state index in [1.807, 2.05) is 0 Å². The summed E-state index contributed by atoms with van der Waals surface area (Å²) in [6.45, 7) is 2.20. The van der Waals surface area contributed by atoms with Gasteiger partial charge in [-0.3, -0.25) is 14.4 Å². The van der Waals surface area contributed by atoms with Gasteiger partial charge in [0.2, 0.25) is 11.8 Å². The second-order valence-corrected chi connectivity index (χ2v) is 6.00. The highest BCUT2D eigenvalue weighted by atomic mass is 35.5. The molecule has 0 aromatic heterocycles. The summed E-state index contributed by atoms with van der Waals surface area (Å²) in [7, 11) is 0. The molecule has 25 heavy (non-hydrogen) atoms. The van der Waals surface area contributed by atoms with Gasteiger partial charge in [0.15, 0.2) is 0 Å². The number of hydrogen-bond acceptors (Lipinski definition) is 4. The normalized spacial score (nSPS) is 15.9. The number of halogens is 1. The Morgan fingerprint density at radius 1 is 1.24 bits per heavy atom. The SMILES string of the molecule is Cl.NC(=O)CCNC(=O)c1cccc(NC(=O)CCC2CCNC2)c1. The molecule has 0 radical (unpaired) electrons. The van der Waals surface area contributed by atoms with Crippen LogP contribution >= 0.6 is 12.4 Å². The number of rotatable bonds is 8. The van der Waals surface area contributed by atoms with E-state index in [4.69, 9.17) is 5.73 Å². The maximum atomic E-state index is 12.0. The zero-order valence-corrected chi connectivity index (χ0v) is 14.9. The lowest BCUT2D eigenvalue weighted by molar-refractivity contribution is -0.118. The van der Waals surface area contributed by atoms with Crippen molar-refractivity contribution in [2.45, 2.75) is 25.7 Å². The molecule has 3 amide bonds. The predicted molar refractivity (Wildman–Crippen MR) is 98.7 cm³/mol. The van der Waals surface area contributed by atoms with E-state index in [1.165, 1.54) is 0 Å². The Morgan fingerprint density at radius 2 is 2.04 bits per heavy atom. The fourth-order valence-corrected chi connectivity index (χ4v) is 2.66. The molecule has 1 aliphatic rings. The first-order chi connectivity index (χ1) is 11.5. The summed E-state index contributed by atoms with van der Waals surface area (Å²) < 4.78 is 0. The molecule has 138 valence electrons. The van der Waals surface area contributed by atoms with Crippen molar-refractivity contribution in [2.75, 3.05) is 25.0 Å². The average Bonchev–Trinajstić information content (AvgIpc) is 3.06. The first-order valence-corrected chi connectivity index (χ1v) is 8.21. The third-order valence-corrected chi connectivity index (χ3v) is 4.01. The van der Waals surface area contributed by atoms with Crippen molar-refractivity contribution in [2.24, 2.45) is 11.7 Å². The second kappa shape index (κ2) is 10.7. The summed E-state index contributed by atoms with van der Waals surface area (Å²) in [4.78, 5) is 34.7. The minimum Gasteiger partial charge on any atom is -0.370 e. The molecule has 1 fully saturated rings. The van der Waals surface area contributed by atoms with Gasteiger partial charge in [0.05, 0.1) is 0 Å². The molecule has 1 saturated heterocycles. The minimum absolute atomic E-state index is 0. The van der Waals surface area contributed by atoms with Crippen LogP contribution in [-0.2, 0) is 9.59 Å². The lowest BCUT2D eigenvalue weighted by Gasteiger charge is -2.10. The van der Waals surface area contributed by atoms with Gasteiger partial charge in [-0.05, 0) is 50.0 Å². The van der Waals surface area contributed by atoms with E-state index >= 15 is 0 Å². The van der Waals surface area contributed by atoms with Crippen LogP contribution < -0.4 is 21.7 Å². The number of nitrogens with one attached hydrogen (secondary N) is 3. The Kier molecular flexibility index (Phi) is 8.94. The second-order valence-electron chi connectivity index (χ2n) is 6.00. The van der Waals surface area contributed by atoms with Gasteiger partial charge in [0, 0.05) is 30.6 Å². The van der Waals surface area contributed by atoms with Crippen LogP contribution in [0.5, 0.6) is 0 Å². The molecule has 0 saturated carbocycles. The quantitative estimate of drug-likeness (QED) is 0.549. The molecule has 7 nitrogen and oxygen atoms in total. The summed E-state index contributed by atoms with van der Waals surface area (Å²) in [6, 6.07) is 6.72. The molecule has 1 atom stereocenters. The van der Waals surface area contributed by atoms with E-state index in [1.54, 1.807) is 24.3 Å². The number of amides is 3. The van der Waals surface area contributed by atoms with E-state index in [9.17, 15) is 14.4 Å². The first kappa shape index (κ1) is 20.9. The van der Waals surface area contributed by atoms with Crippen molar-refractivity contribution in [1.29, 1.82) is 0 Å². The molecule has 5 N–H and O–H groups in total. The highest BCUT2D eigenvalue weighted by Gasteiger charge is 2.16. The Balaban J connectivity index is 0.00000312. The zero-order chi connectivity index (χ0) is 17.4. The van der Waals surface area contributed by atoms with Crippen LogP contribution in [-0.4, -0.2) is 37.4 Å². The van der Waals surface area contributed by atoms with E-state index in [-0.39, 0.29) is 37.2 Å². The molecule has 1 aliphatic heterocycles. The average molecular weight is 369 g/mol. The molecule has 0 bridgehead atoms. The standard InChI is InChI=1S/C17H24N4O3.ClH/c18-15(22)7-9-20-17(24)13-2-1-3-14(10-13)21-16(23)5-4-12-6-8-19-11-12;/h1-3,10,12,19H,4-9,11H2,(H2,18,22)(H,20,24)(H,21,23);1H. The summed E-state index contributed by atoms with van der Waals surface area (Å²) in [5, 5.41) is 8.72.